The van der Waals surface area contributed by atoms with Gasteiger partial charge < -0.3 is 9.47 Å². The molecule has 0 spiro atoms. The fraction of sp³-hybridized carbons (Fsp3) is 0.133. The van der Waals surface area contributed by atoms with E-state index in [1.807, 2.05) is 24.3 Å². The second kappa shape index (κ2) is 7.56. The Morgan fingerprint density at radius 3 is 2.41 bits per heavy atom. The molecule has 0 fully saturated rings. The van der Waals surface area contributed by atoms with E-state index in [1.54, 1.807) is 0 Å². The number of hydrogen-bond donors (Lipinski definition) is 0. The average Bonchev–Trinajstić information content (AvgIpc) is 2.53. The number of nitrogens with zero attached hydrogens (tertiary/aromatic N) is 1. The third-order valence-electron chi connectivity index (χ3n) is 2.75. The van der Waals surface area contributed by atoms with Gasteiger partial charge in [-0.25, -0.2) is 0 Å². The molecule has 114 valence electrons. The van der Waals surface area contributed by atoms with Crippen LogP contribution in [0.3, 0.4) is 0 Å². The van der Waals surface area contributed by atoms with Gasteiger partial charge in [-0.3, -0.25) is 14.9 Å². The number of carbonyl (C=O) groups excluding carboxylic acids is 1. The summed E-state index contributed by atoms with van der Waals surface area (Å²) in [6, 6.07) is 11.2. The molecule has 0 unspecified atom stereocenters. The largest absolute Gasteiger partial charge is 0.490 e. The third kappa shape index (κ3) is 4.29. The number of non-ortho nitro benzene ring substituents is 1. The molecule has 0 aliphatic heterocycles. The molecule has 2 aromatic carbocycles. The number of ether oxygens (including phenoxy) is 2. The summed E-state index contributed by atoms with van der Waals surface area (Å²) in [7, 11) is 0. The van der Waals surface area contributed by atoms with E-state index in [2.05, 4.69) is 15.9 Å². The van der Waals surface area contributed by atoms with Crippen molar-refractivity contribution in [3.63, 3.8) is 0 Å². The minimum absolute atomic E-state index is 0.137. The summed E-state index contributed by atoms with van der Waals surface area (Å²) in [6.45, 7) is 0.506. The molecular formula is C15H12BrNO5. The molecule has 0 amide bonds. The molecule has 6 nitrogen and oxygen atoms in total. The monoisotopic (exact) mass is 365 g/mol. The molecule has 0 aliphatic rings. The van der Waals surface area contributed by atoms with E-state index in [1.165, 1.54) is 18.2 Å². The predicted molar refractivity (Wildman–Crippen MR) is 83.6 cm³/mol. The van der Waals surface area contributed by atoms with Gasteiger partial charge in [0.2, 0.25) is 0 Å². The number of hydrogen-bond acceptors (Lipinski definition) is 5. The van der Waals surface area contributed by atoms with E-state index in [9.17, 15) is 14.9 Å². The molecule has 0 radical (unpaired) electrons. The van der Waals surface area contributed by atoms with Gasteiger partial charge in [-0.1, -0.05) is 15.9 Å². The van der Waals surface area contributed by atoms with E-state index in [-0.39, 0.29) is 24.5 Å². The first kappa shape index (κ1) is 16.0. The van der Waals surface area contributed by atoms with Gasteiger partial charge in [-0.15, -0.1) is 0 Å². The number of aldehydes is 1. The Hall–Kier alpha value is -2.41. The molecule has 2 rings (SSSR count). The summed E-state index contributed by atoms with van der Waals surface area (Å²) in [5, 5.41) is 10.6. The predicted octanol–water partition coefficient (Wildman–Crippen LogP) is 3.63. The summed E-state index contributed by atoms with van der Waals surface area (Å²) < 4.78 is 11.9. The van der Waals surface area contributed by atoms with Crippen molar-refractivity contribution in [2.24, 2.45) is 0 Å². The zero-order valence-electron chi connectivity index (χ0n) is 11.4. The molecule has 2 aromatic rings. The quantitative estimate of drug-likeness (QED) is 0.324. The fourth-order valence-corrected chi connectivity index (χ4v) is 1.98. The summed E-state index contributed by atoms with van der Waals surface area (Å²) in [6.07, 6.45) is 0.526. The zero-order chi connectivity index (χ0) is 15.9. The van der Waals surface area contributed by atoms with Crippen LogP contribution in [0.2, 0.25) is 0 Å². The lowest BCUT2D eigenvalue weighted by Gasteiger charge is -2.09. The zero-order valence-corrected chi connectivity index (χ0v) is 13.0. The number of halogens is 1. The highest BCUT2D eigenvalue weighted by molar-refractivity contribution is 9.10. The van der Waals surface area contributed by atoms with Gasteiger partial charge in [0.15, 0.2) is 6.29 Å². The van der Waals surface area contributed by atoms with Crippen LogP contribution in [0.4, 0.5) is 5.69 Å². The molecule has 0 saturated heterocycles. The van der Waals surface area contributed by atoms with Crippen molar-refractivity contribution in [1.82, 2.24) is 0 Å². The molecule has 7 heteroatoms. The molecule has 0 bridgehead atoms. The van der Waals surface area contributed by atoms with Crippen LogP contribution in [-0.4, -0.2) is 24.4 Å². The van der Waals surface area contributed by atoms with Gasteiger partial charge in [-0.05, 0) is 30.3 Å². The van der Waals surface area contributed by atoms with Gasteiger partial charge in [0.1, 0.15) is 24.7 Å². The number of carbonyl (C=O) groups is 1. The SMILES string of the molecule is O=Cc1cc([N+](=O)[O-])ccc1OCCOc1ccc(Br)cc1. The first-order valence-corrected chi connectivity index (χ1v) is 7.14. The maximum absolute atomic E-state index is 10.9. The molecular weight excluding hydrogens is 354 g/mol. The van der Waals surface area contributed by atoms with E-state index >= 15 is 0 Å². The minimum Gasteiger partial charge on any atom is -0.490 e. The van der Waals surface area contributed by atoms with Crippen LogP contribution < -0.4 is 9.47 Å². The van der Waals surface area contributed by atoms with Crippen molar-refractivity contribution < 1.29 is 19.2 Å². The summed E-state index contributed by atoms with van der Waals surface area (Å²) >= 11 is 3.33. The van der Waals surface area contributed by atoms with Crippen LogP contribution in [0.1, 0.15) is 10.4 Å². The molecule has 0 N–H and O–H groups in total. The standard InChI is InChI=1S/C15H12BrNO5/c16-12-1-4-14(5-2-12)21-7-8-22-15-6-3-13(17(19)20)9-11(15)10-18/h1-6,9-10H,7-8H2. The van der Waals surface area contributed by atoms with Crippen LogP contribution in [0.25, 0.3) is 0 Å². The van der Waals surface area contributed by atoms with Crippen molar-refractivity contribution in [1.29, 1.82) is 0 Å². The molecule has 0 aromatic heterocycles. The summed E-state index contributed by atoms with van der Waals surface area (Å²) in [5.41, 5.74) is -0.0154. The van der Waals surface area contributed by atoms with Crippen molar-refractivity contribution in [3.8, 4) is 11.5 Å². The topological polar surface area (TPSA) is 78.7 Å². The number of benzene rings is 2. The Morgan fingerprint density at radius 2 is 1.77 bits per heavy atom. The van der Waals surface area contributed by atoms with Crippen LogP contribution in [-0.2, 0) is 0 Å². The van der Waals surface area contributed by atoms with Crippen molar-refractivity contribution in [2.45, 2.75) is 0 Å². The normalized spacial score (nSPS) is 10.0. The Kier molecular flexibility index (Phi) is 5.48. The van der Waals surface area contributed by atoms with E-state index in [0.717, 1.165) is 4.47 Å². The minimum atomic E-state index is -0.562. The van der Waals surface area contributed by atoms with Crippen molar-refractivity contribution >= 4 is 27.9 Å². The fourth-order valence-electron chi connectivity index (χ4n) is 1.71. The molecule has 22 heavy (non-hydrogen) atoms. The lowest BCUT2D eigenvalue weighted by atomic mass is 10.2. The summed E-state index contributed by atoms with van der Waals surface area (Å²) in [4.78, 5) is 21.0. The van der Waals surface area contributed by atoms with Crippen LogP contribution in [0.5, 0.6) is 11.5 Å². The lowest BCUT2D eigenvalue weighted by Crippen LogP contribution is -2.10. The van der Waals surface area contributed by atoms with Gasteiger partial charge in [0.25, 0.3) is 5.69 Å². The number of nitro groups is 1. The van der Waals surface area contributed by atoms with Crippen LogP contribution in [0.15, 0.2) is 46.9 Å². The van der Waals surface area contributed by atoms with Crippen LogP contribution >= 0.6 is 15.9 Å². The maximum atomic E-state index is 10.9. The maximum Gasteiger partial charge on any atom is 0.270 e. The second-order valence-corrected chi connectivity index (χ2v) is 5.16. The van der Waals surface area contributed by atoms with Gasteiger partial charge in [-0.2, -0.15) is 0 Å². The van der Waals surface area contributed by atoms with Crippen LogP contribution in [0, 0.1) is 10.1 Å². The second-order valence-electron chi connectivity index (χ2n) is 4.25. The van der Waals surface area contributed by atoms with Gasteiger partial charge in [0, 0.05) is 16.6 Å². The Morgan fingerprint density at radius 1 is 1.09 bits per heavy atom. The molecule has 0 atom stereocenters. The van der Waals surface area contributed by atoms with E-state index < -0.39 is 4.92 Å². The first-order chi connectivity index (χ1) is 10.6. The molecule has 0 saturated carbocycles. The van der Waals surface area contributed by atoms with E-state index in [4.69, 9.17) is 9.47 Å². The smallest absolute Gasteiger partial charge is 0.270 e. The highest BCUT2D eigenvalue weighted by Gasteiger charge is 2.11. The van der Waals surface area contributed by atoms with Gasteiger partial charge in [0.05, 0.1) is 10.5 Å². The van der Waals surface area contributed by atoms with Crippen molar-refractivity contribution in [3.05, 3.63) is 62.6 Å². The third-order valence-corrected chi connectivity index (χ3v) is 3.28. The Bertz CT molecular complexity index is 672. The molecule has 0 heterocycles. The Balaban J connectivity index is 1.90. The Labute approximate surface area is 134 Å². The number of nitro benzene ring substituents is 1. The summed E-state index contributed by atoms with van der Waals surface area (Å²) in [5.74, 6) is 0.992. The lowest BCUT2D eigenvalue weighted by molar-refractivity contribution is -0.384. The number of rotatable bonds is 7. The highest BCUT2D eigenvalue weighted by atomic mass is 79.9. The molecule has 0 aliphatic carbocycles. The van der Waals surface area contributed by atoms with E-state index in [0.29, 0.717) is 17.8 Å². The first-order valence-electron chi connectivity index (χ1n) is 6.35. The average molecular weight is 366 g/mol. The van der Waals surface area contributed by atoms with Crippen molar-refractivity contribution in [2.75, 3.05) is 13.2 Å². The van der Waals surface area contributed by atoms with Gasteiger partial charge >= 0.3 is 0 Å². The highest BCUT2D eigenvalue weighted by Crippen LogP contribution is 2.22.